The van der Waals surface area contributed by atoms with Crippen molar-refractivity contribution in [3.05, 3.63) is 36.0 Å². The van der Waals surface area contributed by atoms with Gasteiger partial charge in [0.2, 0.25) is 5.91 Å². The lowest BCUT2D eigenvalue weighted by Gasteiger charge is -2.41. The fourth-order valence-electron chi connectivity index (χ4n) is 6.20. The van der Waals surface area contributed by atoms with E-state index in [0.29, 0.717) is 30.2 Å². The number of hydrogen-bond acceptors (Lipinski definition) is 5. The number of ketones is 1. The van der Waals surface area contributed by atoms with Crippen molar-refractivity contribution in [3.8, 4) is 0 Å². The topological polar surface area (TPSA) is 146 Å². The minimum absolute atomic E-state index is 0.00377. The molecule has 2 saturated carbocycles. The summed E-state index contributed by atoms with van der Waals surface area (Å²) in [6, 6.07) is 4.78. The summed E-state index contributed by atoms with van der Waals surface area (Å²) in [6.45, 7) is 0.241. The van der Waals surface area contributed by atoms with Crippen LogP contribution in [0, 0.1) is 5.92 Å². The number of carbonyl (C=O) groups excluding carboxylic acids is 3. The number of carboxylic acid groups (broad SMARTS) is 1. The zero-order valence-electron chi connectivity index (χ0n) is 22.0. The van der Waals surface area contributed by atoms with E-state index in [1.165, 1.54) is 6.20 Å². The first kappa shape index (κ1) is 27.8. The number of para-hydroxylation sites is 1. The van der Waals surface area contributed by atoms with Crippen LogP contribution in [0.4, 0.5) is 0 Å². The molecule has 0 radical (unpaired) electrons. The summed E-state index contributed by atoms with van der Waals surface area (Å²) in [5.74, 6) is -3.55. The monoisotopic (exact) mass is 524 g/mol. The molecule has 2 aromatic rings. The van der Waals surface area contributed by atoms with Crippen LogP contribution in [-0.4, -0.2) is 63.2 Å². The van der Waals surface area contributed by atoms with Gasteiger partial charge in [-0.2, -0.15) is 0 Å². The van der Waals surface area contributed by atoms with Crippen molar-refractivity contribution in [2.75, 3.05) is 6.54 Å². The molecule has 0 spiro atoms. The number of nitrogens with one attached hydrogen (secondary N) is 2. The summed E-state index contributed by atoms with van der Waals surface area (Å²) in [5.41, 5.74) is 6.58. The number of Topliss-reactive ketones (excluding diaryl/α,β-unsaturated/α-hetero) is 1. The number of aliphatic carboxylic acids is 1. The van der Waals surface area contributed by atoms with Crippen molar-refractivity contribution < 1.29 is 24.3 Å². The number of nitrogens with two attached hydrogens (primary N) is 1. The Kier molecular flexibility index (Phi) is 9.55. The highest BCUT2D eigenvalue weighted by atomic mass is 16.4. The Morgan fingerprint density at radius 2 is 1.66 bits per heavy atom. The largest absolute Gasteiger partial charge is 0.480 e. The summed E-state index contributed by atoms with van der Waals surface area (Å²) in [7, 11) is 0. The minimum atomic E-state index is -1.33. The van der Waals surface area contributed by atoms with E-state index < -0.39 is 29.7 Å². The number of H-pyrrole nitrogens is 1. The van der Waals surface area contributed by atoms with Crippen LogP contribution in [0.15, 0.2) is 30.5 Å². The smallest absolute Gasteiger partial charge is 0.326 e. The fraction of sp³-hybridized carbons (Fsp3) is 0.586. The second-order valence-corrected chi connectivity index (χ2v) is 10.8. The zero-order valence-corrected chi connectivity index (χ0v) is 22.0. The zero-order chi connectivity index (χ0) is 27.1. The average molecular weight is 525 g/mol. The Morgan fingerprint density at radius 3 is 2.32 bits per heavy atom. The summed E-state index contributed by atoms with van der Waals surface area (Å²) < 4.78 is 0. The van der Waals surface area contributed by atoms with Gasteiger partial charge in [0.25, 0.3) is 11.7 Å². The molecular weight excluding hydrogens is 484 g/mol. The van der Waals surface area contributed by atoms with E-state index in [-0.39, 0.29) is 36.4 Å². The summed E-state index contributed by atoms with van der Waals surface area (Å²) >= 11 is 0. The van der Waals surface area contributed by atoms with Crippen LogP contribution < -0.4 is 11.1 Å². The number of rotatable bonds is 11. The van der Waals surface area contributed by atoms with Crippen LogP contribution in [-0.2, 0) is 14.4 Å². The average Bonchev–Trinajstić information content (AvgIpc) is 3.37. The SMILES string of the molecule is NCCC[C@H](C(=O)O)N(C(=O)C(=O)c1c[nH]c2ccccc12)C(C(=O)NC1CCCCC1)C1CCCCC1. The Balaban J connectivity index is 1.74. The van der Waals surface area contributed by atoms with Gasteiger partial charge in [0.05, 0.1) is 5.56 Å². The molecule has 9 heteroatoms. The third kappa shape index (κ3) is 6.26. The molecule has 2 aliphatic rings. The first-order valence-electron chi connectivity index (χ1n) is 14.1. The number of amides is 2. The molecule has 2 aliphatic carbocycles. The molecule has 206 valence electrons. The van der Waals surface area contributed by atoms with Gasteiger partial charge in [-0.1, -0.05) is 56.7 Å². The van der Waals surface area contributed by atoms with E-state index in [2.05, 4.69) is 10.3 Å². The number of aromatic nitrogens is 1. The number of carbonyl (C=O) groups is 4. The van der Waals surface area contributed by atoms with E-state index in [1.807, 2.05) is 6.07 Å². The Hall–Kier alpha value is -3.20. The molecule has 0 aliphatic heterocycles. The molecule has 2 fully saturated rings. The number of fused-ring (bicyclic) bond motifs is 1. The lowest BCUT2D eigenvalue weighted by molar-refractivity contribution is -0.155. The summed E-state index contributed by atoms with van der Waals surface area (Å²) in [6.07, 6.45) is 11.0. The molecule has 1 heterocycles. The fourth-order valence-corrected chi connectivity index (χ4v) is 6.20. The van der Waals surface area contributed by atoms with Crippen molar-refractivity contribution in [3.63, 3.8) is 0 Å². The van der Waals surface area contributed by atoms with Gasteiger partial charge in [0, 0.05) is 23.1 Å². The van der Waals surface area contributed by atoms with Crippen LogP contribution in [0.1, 0.15) is 87.4 Å². The van der Waals surface area contributed by atoms with Crippen molar-refractivity contribution in [1.82, 2.24) is 15.2 Å². The molecule has 0 bridgehead atoms. The van der Waals surface area contributed by atoms with Crippen LogP contribution in [0.25, 0.3) is 10.9 Å². The first-order valence-corrected chi connectivity index (χ1v) is 14.1. The van der Waals surface area contributed by atoms with Gasteiger partial charge in [0.1, 0.15) is 12.1 Å². The van der Waals surface area contributed by atoms with Crippen molar-refractivity contribution in [1.29, 1.82) is 0 Å². The molecule has 38 heavy (non-hydrogen) atoms. The van der Waals surface area contributed by atoms with Gasteiger partial charge >= 0.3 is 5.97 Å². The second kappa shape index (κ2) is 13.0. The molecule has 9 nitrogen and oxygen atoms in total. The van der Waals surface area contributed by atoms with Gasteiger partial charge in [0.15, 0.2) is 0 Å². The third-order valence-electron chi connectivity index (χ3n) is 8.18. The number of nitrogens with zero attached hydrogens (tertiary/aromatic N) is 1. The normalized spacial score (nSPS) is 18.6. The quantitative estimate of drug-likeness (QED) is 0.260. The predicted octanol–water partition coefficient (Wildman–Crippen LogP) is 3.77. The van der Waals surface area contributed by atoms with Crippen LogP contribution in [0.2, 0.25) is 0 Å². The lowest BCUT2D eigenvalue weighted by atomic mass is 9.81. The summed E-state index contributed by atoms with van der Waals surface area (Å²) in [5, 5.41) is 14.0. The van der Waals surface area contributed by atoms with Gasteiger partial charge in [-0.05, 0) is 57.1 Å². The Morgan fingerprint density at radius 1 is 1.00 bits per heavy atom. The molecule has 2 atom stereocenters. The Labute approximate surface area is 223 Å². The van der Waals surface area contributed by atoms with Gasteiger partial charge in [-0.3, -0.25) is 14.4 Å². The van der Waals surface area contributed by atoms with Gasteiger partial charge < -0.3 is 26.0 Å². The van der Waals surface area contributed by atoms with E-state index >= 15 is 0 Å². The van der Waals surface area contributed by atoms with Crippen molar-refractivity contribution in [2.45, 2.75) is 95.2 Å². The molecule has 0 saturated heterocycles. The molecule has 1 aromatic carbocycles. The first-order chi connectivity index (χ1) is 18.4. The van der Waals surface area contributed by atoms with Gasteiger partial charge in [-0.25, -0.2) is 4.79 Å². The predicted molar refractivity (Wildman–Crippen MR) is 145 cm³/mol. The van der Waals surface area contributed by atoms with Crippen LogP contribution in [0.3, 0.4) is 0 Å². The highest BCUT2D eigenvalue weighted by molar-refractivity contribution is 6.45. The molecule has 1 unspecified atom stereocenters. The van der Waals surface area contributed by atoms with Crippen LogP contribution in [0.5, 0.6) is 0 Å². The number of hydrogen-bond donors (Lipinski definition) is 4. The minimum Gasteiger partial charge on any atom is -0.480 e. The van der Waals surface area contributed by atoms with E-state index in [0.717, 1.165) is 56.3 Å². The summed E-state index contributed by atoms with van der Waals surface area (Å²) in [4.78, 5) is 58.4. The lowest BCUT2D eigenvalue weighted by Crippen LogP contribution is -2.61. The number of aromatic amines is 1. The second-order valence-electron chi connectivity index (χ2n) is 10.8. The van der Waals surface area contributed by atoms with E-state index in [9.17, 15) is 24.3 Å². The van der Waals surface area contributed by atoms with Crippen LogP contribution >= 0.6 is 0 Å². The van der Waals surface area contributed by atoms with E-state index in [4.69, 9.17) is 5.73 Å². The van der Waals surface area contributed by atoms with Gasteiger partial charge in [-0.15, -0.1) is 0 Å². The molecule has 2 amide bonds. The van der Waals surface area contributed by atoms with Crippen molar-refractivity contribution >= 4 is 34.5 Å². The highest BCUT2D eigenvalue weighted by Gasteiger charge is 2.45. The maximum absolute atomic E-state index is 14.1. The molecule has 5 N–H and O–H groups in total. The Bertz CT molecular complexity index is 1130. The maximum atomic E-state index is 14.1. The highest BCUT2D eigenvalue weighted by Crippen LogP contribution is 2.32. The number of carboxylic acids is 1. The molecule has 1 aromatic heterocycles. The molecular formula is C29H40N4O5. The van der Waals surface area contributed by atoms with E-state index in [1.54, 1.807) is 18.2 Å². The maximum Gasteiger partial charge on any atom is 0.326 e. The van der Waals surface area contributed by atoms with Crippen molar-refractivity contribution in [2.24, 2.45) is 11.7 Å². The standard InChI is InChI=1S/C29H40N4O5/c30-17-9-16-24(29(37)38)33(28(36)26(34)22-18-31-23-15-8-7-14-21(22)23)25(19-10-3-1-4-11-19)27(35)32-20-12-5-2-6-13-20/h7-8,14-15,18-20,24-25,31H,1-6,9-13,16-17,30H2,(H,32,35)(H,37,38)/t24-,25?/m1/s1. The third-order valence-corrected chi connectivity index (χ3v) is 8.18. The number of benzene rings is 1. The molecule has 4 rings (SSSR count).